The molecule has 0 aromatic heterocycles. The van der Waals surface area contributed by atoms with Gasteiger partial charge in [0.25, 0.3) is 0 Å². The zero-order chi connectivity index (χ0) is 11.7. The Morgan fingerprint density at radius 1 is 1.31 bits per heavy atom. The van der Waals surface area contributed by atoms with E-state index in [0.29, 0.717) is 17.8 Å². The molecule has 3 aliphatic carbocycles. The van der Waals surface area contributed by atoms with Gasteiger partial charge in [-0.25, -0.2) is 0 Å². The molecule has 0 aliphatic heterocycles. The van der Waals surface area contributed by atoms with Gasteiger partial charge in [-0.3, -0.25) is 0 Å². The van der Waals surface area contributed by atoms with E-state index in [2.05, 4.69) is 27.7 Å². The van der Waals surface area contributed by atoms with Gasteiger partial charge in [0, 0.05) is 5.41 Å². The molecule has 90 valence electrons. The van der Waals surface area contributed by atoms with Crippen molar-refractivity contribution in [2.24, 2.45) is 29.1 Å². The highest BCUT2D eigenvalue weighted by molar-refractivity contribution is 5.32. The summed E-state index contributed by atoms with van der Waals surface area (Å²) < 4.78 is 0. The van der Waals surface area contributed by atoms with Gasteiger partial charge in [0.1, 0.15) is 0 Å². The first kappa shape index (κ1) is 10.8. The van der Waals surface area contributed by atoms with Crippen LogP contribution in [0.5, 0.6) is 0 Å². The summed E-state index contributed by atoms with van der Waals surface area (Å²) >= 11 is 0. The smallest absolute Gasteiger partial charge is 0.0636 e. The molecule has 16 heavy (non-hydrogen) atoms. The van der Waals surface area contributed by atoms with Crippen LogP contribution in [0, 0.1) is 29.1 Å². The summed E-state index contributed by atoms with van der Waals surface area (Å²) in [6.45, 7) is 9.19. The minimum atomic E-state index is -0.0388. The highest BCUT2D eigenvalue weighted by Crippen LogP contribution is 2.69. The van der Waals surface area contributed by atoms with Crippen LogP contribution in [0.1, 0.15) is 47.0 Å². The van der Waals surface area contributed by atoms with Crippen LogP contribution in [0.2, 0.25) is 0 Å². The van der Waals surface area contributed by atoms with Crippen molar-refractivity contribution < 1.29 is 5.11 Å². The molecule has 0 heterocycles. The van der Waals surface area contributed by atoms with E-state index in [1.807, 2.05) is 0 Å². The zero-order valence-corrected chi connectivity index (χ0v) is 11.0. The lowest BCUT2D eigenvalue weighted by Gasteiger charge is -2.38. The van der Waals surface area contributed by atoms with Gasteiger partial charge in [0.05, 0.1) is 6.10 Å². The lowest BCUT2D eigenvalue weighted by molar-refractivity contribution is 0.00545. The molecule has 3 saturated carbocycles. The minimum absolute atomic E-state index is 0.0388. The maximum atomic E-state index is 10.6. The standard InChI is InChI=1S/C15H24O/c1-8(2)10-7-15(4)11-6-5-9(3)12(13(10)11)14(15)16/h9,11-14,16H,5-7H2,1-4H3/t9-,11+,12-,13+,14+,15-/m0/s1. The molecule has 0 aromatic carbocycles. The third kappa shape index (κ3) is 1.06. The van der Waals surface area contributed by atoms with E-state index in [1.165, 1.54) is 18.4 Å². The molecule has 0 aromatic rings. The van der Waals surface area contributed by atoms with Gasteiger partial charge in [-0.05, 0) is 50.4 Å². The lowest BCUT2D eigenvalue weighted by atomic mass is 9.69. The van der Waals surface area contributed by atoms with Crippen molar-refractivity contribution in [1.82, 2.24) is 0 Å². The Labute approximate surface area is 98.9 Å². The first-order chi connectivity index (χ1) is 7.47. The van der Waals surface area contributed by atoms with Crippen LogP contribution in [0.3, 0.4) is 0 Å². The minimum Gasteiger partial charge on any atom is -0.392 e. The molecular weight excluding hydrogens is 196 g/mol. The van der Waals surface area contributed by atoms with E-state index in [-0.39, 0.29) is 11.5 Å². The number of rotatable bonds is 0. The molecule has 6 atom stereocenters. The summed E-state index contributed by atoms with van der Waals surface area (Å²) in [6, 6.07) is 0. The Hall–Kier alpha value is -0.300. The molecule has 3 fully saturated rings. The van der Waals surface area contributed by atoms with Crippen molar-refractivity contribution in [2.75, 3.05) is 0 Å². The molecule has 1 N–H and O–H groups in total. The average molecular weight is 220 g/mol. The van der Waals surface area contributed by atoms with Crippen molar-refractivity contribution in [3.05, 3.63) is 11.1 Å². The largest absolute Gasteiger partial charge is 0.392 e. The molecule has 0 unspecified atom stereocenters. The normalized spacial score (nSPS) is 54.6. The fraction of sp³-hybridized carbons (Fsp3) is 0.867. The highest BCUT2D eigenvalue weighted by Gasteiger charge is 2.65. The fourth-order valence-corrected chi connectivity index (χ4v) is 5.09. The Balaban J connectivity index is 2.10. The van der Waals surface area contributed by atoms with E-state index < -0.39 is 0 Å². The molecule has 0 saturated heterocycles. The van der Waals surface area contributed by atoms with E-state index in [1.54, 1.807) is 5.57 Å². The quantitative estimate of drug-likeness (QED) is 0.620. The van der Waals surface area contributed by atoms with E-state index in [4.69, 9.17) is 0 Å². The van der Waals surface area contributed by atoms with Crippen LogP contribution < -0.4 is 0 Å². The number of aliphatic hydroxyl groups is 1. The Morgan fingerprint density at radius 2 is 2.00 bits per heavy atom. The van der Waals surface area contributed by atoms with Crippen molar-refractivity contribution in [3.63, 3.8) is 0 Å². The Kier molecular flexibility index (Phi) is 2.12. The number of hydrogen-bond donors (Lipinski definition) is 1. The Morgan fingerprint density at radius 3 is 2.62 bits per heavy atom. The zero-order valence-electron chi connectivity index (χ0n) is 11.0. The van der Waals surface area contributed by atoms with Crippen LogP contribution in [0.15, 0.2) is 11.1 Å². The third-order valence-corrected chi connectivity index (χ3v) is 5.94. The molecule has 0 spiro atoms. The van der Waals surface area contributed by atoms with Gasteiger partial charge in [0.2, 0.25) is 0 Å². The molecular formula is C15H24O. The molecule has 1 nitrogen and oxygen atoms in total. The molecule has 4 bridgehead atoms. The molecule has 1 heteroatoms. The predicted molar refractivity (Wildman–Crippen MR) is 66.0 cm³/mol. The average Bonchev–Trinajstić information content (AvgIpc) is 2.59. The molecule has 3 aliphatic rings. The second-order valence-corrected chi connectivity index (χ2v) is 6.92. The van der Waals surface area contributed by atoms with E-state index in [0.717, 1.165) is 12.3 Å². The van der Waals surface area contributed by atoms with Gasteiger partial charge in [-0.1, -0.05) is 31.4 Å². The number of allylic oxidation sites excluding steroid dienone is 2. The van der Waals surface area contributed by atoms with E-state index >= 15 is 0 Å². The van der Waals surface area contributed by atoms with Crippen molar-refractivity contribution in [3.8, 4) is 0 Å². The molecule has 3 rings (SSSR count). The van der Waals surface area contributed by atoms with Gasteiger partial charge in [-0.2, -0.15) is 0 Å². The van der Waals surface area contributed by atoms with Crippen LogP contribution in [0.4, 0.5) is 0 Å². The number of aliphatic hydroxyl groups excluding tert-OH is 1. The fourth-order valence-electron chi connectivity index (χ4n) is 5.09. The first-order valence-corrected chi connectivity index (χ1v) is 6.81. The first-order valence-electron chi connectivity index (χ1n) is 6.81. The monoisotopic (exact) mass is 220 g/mol. The maximum absolute atomic E-state index is 10.6. The SMILES string of the molecule is CC(C)=C1C[C@]2(C)[C@H](O)[C@@H]3[C@H]1[C@H]2CC[C@@H]3C. The van der Waals surface area contributed by atoms with Gasteiger partial charge in [0.15, 0.2) is 0 Å². The van der Waals surface area contributed by atoms with Crippen molar-refractivity contribution in [2.45, 2.75) is 53.1 Å². The van der Waals surface area contributed by atoms with Crippen molar-refractivity contribution in [1.29, 1.82) is 0 Å². The summed E-state index contributed by atoms with van der Waals surface area (Å²) in [7, 11) is 0. The summed E-state index contributed by atoms with van der Waals surface area (Å²) in [5.41, 5.74) is 3.41. The van der Waals surface area contributed by atoms with Gasteiger partial charge in [-0.15, -0.1) is 0 Å². The second kappa shape index (κ2) is 3.13. The van der Waals surface area contributed by atoms with Gasteiger partial charge < -0.3 is 5.11 Å². The third-order valence-electron chi connectivity index (χ3n) is 5.94. The molecule has 0 amide bonds. The summed E-state index contributed by atoms with van der Waals surface area (Å²) in [5.74, 6) is 2.76. The van der Waals surface area contributed by atoms with Gasteiger partial charge >= 0.3 is 0 Å². The number of hydrogen-bond acceptors (Lipinski definition) is 1. The summed E-state index contributed by atoms with van der Waals surface area (Å²) in [5, 5.41) is 10.6. The van der Waals surface area contributed by atoms with E-state index in [9.17, 15) is 5.11 Å². The van der Waals surface area contributed by atoms with Crippen LogP contribution >= 0.6 is 0 Å². The lowest BCUT2D eigenvalue weighted by Crippen LogP contribution is -2.37. The van der Waals surface area contributed by atoms with Crippen molar-refractivity contribution >= 4 is 0 Å². The van der Waals surface area contributed by atoms with Crippen LogP contribution in [0.25, 0.3) is 0 Å². The Bertz CT molecular complexity index is 352. The van der Waals surface area contributed by atoms with Crippen LogP contribution in [-0.4, -0.2) is 11.2 Å². The summed E-state index contributed by atoms with van der Waals surface area (Å²) in [6.07, 6.45) is 3.79. The molecule has 0 radical (unpaired) electrons. The topological polar surface area (TPSA) is 20.2 Å². The highest BCUT2D eigenvalue weighted by atomic mass is 16.3. The predicted octanol–water partition coefficient (Wildman–Crippen LogP) is 3.39. The maximum Gasteiger partial charge on any atom is 0.0636 e. The second-order valence-electron chi connectivity index (χ2n) is 6.92. The summed E-state index contributed by atoms with van der Waals surface area (Å²) in [4.78, 5) is 0. The van der Waals surface area contributed by atoms with Crippen LogP contribution in [-0.2, 0) is 0 Å².